The fourth-order valence-electron chi connectivity index (χ4n) is 5.47. The number of fused-ring (bicyclic) bond motifs is 1. The van der Waals surface area contributed by atoms with Crippen molar-refractivity contribution in [1.29, 1.82) is 0 Å². The zero-order valence-electron chi connectivity index (χ0n) is 24.2. The van der Waals surface area contributed by atoms with Crippen LogP contribution in [0.5, 0.6) is 5.75 Å². The van der Waals surface area contributed by atoms with Crippen LogP contribution in [-0.4, -0.2) is 38.1 Å². The van der Waals surface area contributed by atoms with Crippen LogP contribution in [-0.2, 0) is 0 Å². The minimum Gasteiger partial charge on any atom is -0.492 e. The van der Waals surface area contributed by atoms with Crippen molar-refractivity contribution in [1.82, 2.24) is 0 Å². The van der Waals surface area contributed by atoms with Gasteiger partial charge in [-0.1, -0.05) is 60.7 Å². The average Bonchev–Trinajstić information content (AvgIpc) is 3.25. The average molecular weight is 586 g/mol. The Balaban J connectivity index is 1.14. The maximum absolute atomic E-state index is 13.8. The summed E-state index contributed by atoms with van der Waals surface area (Å²) in [6, 6.07) is 38.2. The quantitative estimate of drug-likeness (QED) is 0.203. The summed E-state index contributed by atoms with van der Waals surface area (Å²) in [7, 11) is 0. The van der Waals surface area contributed by atoms with Gasteiger partial charge in [-0.2, -0.15) is 0 Å². The summed E-state index contributed by atoms with van der Waals surface area (Å²) in [6.45, 7) is 2.39. The Morgan fingerprint density at radius 2 is 1.41 bits per heavy atom. The van der Waals surface area contributed by atoms with E-state index in [1.165, 1.54) is 12.1 Å². The Labute approximate surface area is 256 Å². The Bertz CT molecular complexity index is 1740. The van der Waals surface area contributed by atoms with Gasteiger partial charge in [-0.15, -0.1) is 0 Å². The van der Waals surface area contributed by atoms with Crippen molar-refractivity contribution in [3.8, 4) is 16.9 Å². The van der Waals surface area contributed by atoms with E-state index in [0.29, 0.717) is 42.3 Å². The topological polar surface area (TPSA) is 61.9 Å². The van der Waals surface area contributed by atoms with Crippen molar-refractivity contribution in [2.45, 2.75) is 6.42 Å². The normalized spacial score (nSPS) is 12.7. The van der Waals surface area contributed by atoms with Gasteiger partial charge < -0.3 is 19.9 Å². The SMILES string of the molecule is O=C(Nc1ccc(C(=O)N2CCCN(CCOc3ccc(F)cc3)c3ccccc32)cc1)c1ccccc1-c1ccccc1. The molecule has 6 nitrogen and oxygen atoms in total. The molecule has 0 unspecified atom stereocenters. The number of nitrogens with one attached hydrogen (secondary N) is 1. The van der Waals surface area contributed by atoms with Gasteiger partial charge >= 0.3 is 0 Å². The number of rotatable bonds is 8. The van der Waals surface area contributed by atoms with E-state index < -0.39 is 0 Å². The third-order valence-corrected chi connectivity index (χ3v) is 7.66. The summed E-state index contributed by atoms with van der Waals surface area (Å²) >= 11 is 0. The van der Waals surface area contributed by atoms with Crippen LogP contribution in [0.3, 0.4) is 0 Å². The lowest BCUT2D eigenvalue weighted by molar-refractivity contribution is 0.0986. The van der Waals surface area contributed by atoms with E-state index in [9.17, 15) is 14.0 Å². The lowest BCUT2D eigenvalue weighted by Gasteiger charge is -2.27. The number of anilines is 3. The molecule has 6 rings (SSSR count). The smallest absolute Gasteiger partial charge is 0.258 e. The molecule has 0 aliphatic carbocycles. The zero-order chi connectivity index (χ0) is 30.3. The first-order valence-electron chi connectivity index (χ1n) is 14.7. The molecule has 7 heteroatoms. The van der Waals surface area contributed by atoms with Crippen molar-refractivity contribution in [3.63, 3.8) is 0 Å². The number of amides is 2. The van der Waals surface area contributed by atoms with E-state index in [4.69, 9.17) is 4.74 Å². The van der Waals surface area contributed by atoms with E-state index in [1.807, 2.05) is 83.8 Å². The van der Waals surface area contributed by atoms with Crippen LogP contribution in [0.4, 0.5) is 21.5 Å². The number of nitrogens with zero attached hydrogens (tertiary/aromatic N) is 2. The highest BCUT2D eigenvalue weighted by Gasteiger charge is 2.25. The summed E-state index contributed by atoms with van der Waals surface area (Å²) in [5.74, 6) is 0.00143. The molecular weight excluding hydrogens is 553 g/mol. The van der Waals surface area contributed by atoms with E-state index in [1.54, 1.807) is 36.4 Å². The predicted molar refractivity (Wildman–Crippen MR) is 173 cm³/mol. The van der Waals surface area contributed by atoms with Gasteiger partial charge in [-0.25, -0.2) is 4.39 Å². The van der Waals surface area contributed by atoms with E-state index in [-0.39, 0.29) is 17.6 Å². The summed E-state index contributed by atoms with van der Waals surface area (Å²) in [5, 5.41) is 2.98. The van der Waals surface area contributed by atoms with E-state index >= 15 is 0 Å². The molecule has 1 N–H and O–H groups in total. The van der Waals surface area contributed by atoms with Crippen LogP contribution < -0.4 is 19.9 Å². The van der Waals surface area contributed by atoms with Gasteiger partial charge in [-0.3, -0.25) is 9.59 Å². The Kier molecular flexibility index (Phi) is 8.64. The van der Waals surface area contributed by atoms with Crippen molar-refractivity contribution < 1.29 is 18.7 Å². The second-order valence-electron chi connectivity index (χ2n) is 10.5. The lowest BCUT2D eigenvalue weighted by Crippen LogP contribution is -2.31. The molecular formula is C37H32FN3O3. The number of para-hydroxylation sites is 2. The van der Waals surface area contributed by atoms with Crippen molar-refractivity contribution in [3.05, 3.63) is 144 Å². The molecule has 0 spiro atoms. The Hall–Kier alpha value is -5.43. The predicted octanol–water partition coefficient (Wildman–Crippen LogP) is 7.68. The molecule has 0 aromatic heterocycles. The number of carbonyl (C=O) groups is 2. The zero-order valence-corrected chi connectivity index (χ0v) is 24.2. The summed E-state index contributed by atoms with van der Waals surface area (Å²) in [4.78, 5) is 31.0. The first kappa shape index (κ1) is 28.7. The van der Waals surface area contributed by atoms with Gasteiger partial charge in [0.2, 0.25) is 0 Å². The summed E-state index contributed by atoms with van der Waals surface area (Å²) in [5.41, 5.74) is 5.35. The van der Waals surface area contributed by atoms with Crippen molar-refractivity contribution in [2.24, 2.45) is 0 Å². The Morgan fingerprint density at radius 3 is 2.18 bits per heavy atom. The highest BCUT2D eigenvalue weighted by atomic mass is 19.1. The molecule has 5 aromatic rings. The number of benzene rings is 5. The first-order valence-corrected chi connectivity index (χ1v) is 14.7. The van der Waals surface area contributed by atoms with Crippen LogP contribution in [0.1, 0.15) is 27.1 Å². The standard InChI is InChI=1S/C37H32FN3O3/c38-29-17-21-31(22-18-29)44-26-25-40-23-8-24-41(35-14-7-6-13-34(35)40)37(43)28-15-19-30(20-16-28)39-36(42)33-12-5-4-11-32(33)27-9-2-1-3-10-27/h1-7,9-22H,8,23-26H2,(H,39,42). The largest absolute Gasteiger partial charge is 0.492 e. The van der Waals surface area contributed by atoms with Crippen LogP contribution in [0.2, 0.25) is 0 Å². The van der Waals surface area contributed by atoms with Gasteiger partial charge in [0.1, 0.15) is 18.2 Å². The van der Waals surface area contributed by atoms with Crippen LogP contribution in [0, 0.1) is 5.82 Å². The van der Waals surface area contributed by atoms with Gasteiger partial charge in [-0.05, 0) is 84.3 Å². The molecule has 0 saturated heterocycles. The molecule has 2 amide bonds. The highest BCUT2D eigenvalue weighted by molar-refractivity contribution is 6.10. The molecule has 0 atom stereocenters. The number of hydrogen-bond acceptors (Lipinski definition) is 4. The number of halogens is 1. The van der Waals surface area contributed by atoms with Crippen LogP contribution in [0.25, 0.3) is 11.1 Å². The van der Waals surface area contributed by atoms with Gasteiger partial charge in [0.25, 0.3) is 11.8 Å². The maximum atomic E-state index is 13.8. The minimum atomic E-state index is -0.299. The summed E-state index contributed by atoms with van der Waals surface area (Å²) in [6.07, 6.45) is 0.784. The minimum absolute atomic E-state index is 0.103. The van der Waals surface area contributed by atoms with Gasteiger partial charge in [0.15, 0.2) is 0 Å². The second-order valence-corrected chi connectivity index (χ2v) is 10.5. The molecule has 1 heterocycles. The van der Waals surface area contributed by atoms with Crippen molar-refractivity contribution >= 4 is 28.9 Å². The Morgan fingerprint density at radius 1 is 0.727 bits per heavy atom. The fourth-order valence-corrected chi connectivity index (χ4v) is 5.47. The first-order chi connectivity index (χ1) is 21.6. The summed E-state index contributed by atoms with van der Waals surface area (Å²) < 4.78 is 19.1. The third-order valence-electron chi connectivity index (χ3n) is 7.66. The maximum Gasteiger partial charge on any atom is 0.258 e. The third kappa shape index (κ3) is 6.47. The van der Waals surface area contributed by atoms with Gasteiger partial charge in [0, 0.05) is 29.9 Å². The number of carbonyl (C=O) groups excluding carboxylic acids is 2. The molecule has 0 fully saturated rings. The van der Waals surface area contributed by atoms with Crippen LogP contribution in [0.15, 0.2) is 127 Å². The number of ether oxygens (including phenoxy) is 1. The molecule has 44 heavy (non-hydrogen) atoms. The lowest BCUT2D eigenvalue weighted by atomic mass is 9.99. The molecule has 1 aliphatic heterocycles. The molecule has 1 aliphatic rings. The second kappa shape index (κ2) is 13.3. The fraction of sp³-hybridized carbons (Fsp3) is 0.135. The molecule has 5 aromatic carbocycles. The van der Waals surface area contributed by atoms with Gasteiger partial charge in [0.05, 0.1) is 17.9 Å². The molecule has 0 saturated carbocycles. The van der Waals surface area contributed by atoms with Crippen LogP contribution >= 0.6 is 0 Å². The van der Waals surface area contributed by atoms with E-state index in [0.717, 1.165) is 35.5 Å². The highest BCUT2D eigenvalue weighted by Crippen LogP contribution is 2.33. The van der Waals surface area contributed by atoms with E-state index in [2.05, 4.69) is 10.2 Å². The van der Waals surface area contributed by atoms with Crippen molar-refractivity contribution in [2.75, 3.05) is 41.4 Å². The molecule has 220 valence electrons. The molecule has 0 bridgehead atoms. The number of hydrogen-bond donors (Lipinski definition) is 1. The monoisotopic (exact) mass is 585 g/mol. The molecule has 0 radical (unpaired) electrons.